The second-order valence-electron chi connectivity index (χ2n) is 15.2. The van der Waals surface area contributed by atoms with Gasteiger partial charge in [-0.3, -0.25) is 0 Å². The van der Waals surface area contributed by atoms with E-state index in [1.807, 2.05) is 48.5 Å². The molecule has 0 N–H and O–H groups in total. The van der Waals surface area contributed by atoms with Crippen molar-refractivity contribution in [2.24, 2.45) is 0 Å². The lowest BCUT2D eigenvalue weighted by Gasteiger charge is -2.12. The summed E-state index contributed by atoms with van der Waals surface area (Å²) in [5.74, 6) is 1.81. The number of rotatable bonds is 8. The molecule has 0 radical (unpaired) electrons. The Kier molecular flexibility index (Phi) is 9.14. The molecule has 2 aromatic heterocycles. The van der Waals surface area contributed by atoms with Crippen LogP contribution in [-0.4, -0.2) is 15.0 Å². The molecule has 0 saturated heterocycles. The maximum atomic E-state index is 6.50. The van der Waals surface area contributed by atoms with E-state index < -0.39 is 0 Å². The summed E-state index contributed by atoms with van der Waals surface area (Å²) >= 11 is 0. The Morgan fingerprint density at radius 3 is 1.23 bits per heavy atom. The van der Waals surface area contributed by atoms with Gasteiger partial charge in [0.15, 0.2) is 17.5 Å². The van der Waals surface area contributed by atoms with E-state index in [-0.39, 0.29) is 0 Å². The molecule has 0 saturated carbocycles. The zero-order valence-electron chi connectivity index (χ0n) is 33.1. The Labute approximate surface area is 354 Å². The zero-order chi connectivity index (χ0) is 40.5. The van der Waals surface area contributed by atoms with Crippen molar-refractivity contribution in [2.75, 3.05) is 0 Å². The van der Waals surface area contributed by atoms with Gasteiger partial charge in [-0.15, -0.1) is 0 Å². The molecule has 0 amide bonds. The maximum absolute atomic E-state index is 6.50. The van der Waals surface area contributed by atoms with Crippen molar-refractivity contribution < 1.29 is 4.42 Å². The summed E-state index contributed by atoms with van der Waals surface area (Å²) in [6.45, 7) is 0. The molecule has 11 rings (SSSR count). The Bertz CT molecular complexity index is 3270. The van der Waals surface area contributed by atoms with Crippen LogP contribution >= 0.6 is 0 Å². The van der Waals surface area contributed by atoms with Gasteiger partial charge in [-0.25, -0.2) is 15.0 Å². The zero-order valence-corrected chi connectivity index (χ0v) is 33.1. The number of fused-ring (bicyclic) bond motifs is 3. The maximum Gasteiger partial charge on any atom is 0.164 e. The Morgan fingerprint density at radius 1 is 0.246 bits per heavy atom. The first-order valence-corrected chi connectivity index (χ1v) is 20.5. The summed E-state index contributed by atoms with van der Waals surface area (Å²) in [6.07, 6.45) is 0. The van der Waals surface area contributed by atoms with Crippen molar-refractivity contribution in [1.29, 1.82) is 0 Å². The van der Waals surface area contributed by atoms with Crippen LogP contribution < -0.4 is 0 Å². The van der Waals surface area contributed by atoms with E-state index in [9.17, 15) is 0 Å². The van der Waals surface area contributed by atoms with Crippen LogP contribution in [0.25, 0.3) is 112 Å². The molecule has 0 aliphatic heterocycles. The lowest BCUT2D eigenvalue weighted by molar-refractivity contribution is 0.669. The molecule has 9 aromatic carbocycles. The SMILES string of the molecule is c1ccc(-c2cc(-c3ccccc3)cc(-c3ccc(-c4ccc5oc6cccc(-c7nc(-c8ccccc8)nc(-c8cccc(-c9ccccc9)c8)n7)c6c5c4)cc3)c2)cc1. The second kappa shape index (κ2) is 15.5. The van der Waals surface area contributed by atoms with Gasteiger partial charge >= 0.3 is 0 Å². The quantitative estimate of drug-likeness (QED) is 0.154. The third-order valence-corrected chi connectivity index (χ3v) is 11.3. The van der Waals surface area contributed by atoms with Gasteiger partial charge in [-0.05, 0) is 98.1 Å². The lowest BCUT2D eigenvalue weighted by Crippen LogP contribution is -2.00. The summed E-state index contributed by atoms with van der Waals surface area (Å²) < 4.78 is 6.50. The monoisotopic (exact) mass is 779 g/mol. The highest BCUT2D eigenvalue weighted by molar-refractivity contribution is 6.12. The smallest absolute Gasteiger partial charge is 0.164 e. The van der Waals surface area contributed by atoms with Gasteiger partial charge in [0.05, 0.1) is 0 Å². The van der Waals surface area contributed by atoms with E-state index in [1.165, 1.54) is 27.8 Å². The van der Waals surface area contributed by atoms with Gasteiger partial charge in [0.1, 0.15) is 11.2 Å². The molecule has 0 spiro atoms. The van der Waals surface area contributed by atoms with Crippen LogP contribution in [0, 0.1) is 0 Å². The second-order valence-corrected chi connectivity index (χ2v) is 15.2. The van der Waals surface area contributed by atoms with E-state index in [0.29, 0.717) is 17.5 Å². The Hall–Kier alpha value is -8.21. The number of furan rings is 1. The lowest BCUT2D eigenvalue weighted by atomic mass is 9.92. The summed E-state index contributed by atoms with van der Waals surface area (Å²) in [7, 11) is 0. The van der Waals surface area contributed by atoms with Crippen LogP contribution in [0.15, 0.2) is 229 Å². The molecule has 0 unspecified atom stereocenters. The number of hydrogen-bond donors (Lipinski definition) is 0. The fourth-order valence-corrected chi connectivity index (χ4v) is 8.25. The third-order valence-electron chi connectivity index (χ3n) is 11.3. The van der Waals surface area contributed by atoms with Gasteiger partial charge < -0.3 is 4.42 Å². The van der Waals surface area contributed by atoms with E-state index in [4.69, 9.17) is 19.4 Å². The van der Waals surface area contributed by atoms with Crippen molar-refractivity contribution in [3.8, 4) is 89.8 Å². The molecule has 0 fully saturated rings. The first-order chi connectivity index (χ1) is 30.2. The molecule has 286 valence electrons. The molecule has 0 bridgehead atoms. The predicted molar refractivity (Wildman–Crippen MR) is 251 cm³/mol. The molecule has 11 aromatic rings. The van der Waals surface area contributed by atoms with Crippen molar-refractivity contribution in [3.63, 3.8) is 0 Å². The van der Waals surface area contributed by atoms with E-state index in [0.717, 1.165) is 66.4 Å². The number of benzene rings is 9. The van der Waals surface area contributed by atoms with Crippen molar-refractivity contribution in [3.05, 3.63) is 224 Å². The summed E-state index contributed by atoms with van der Waals surface area (Å²) in [4.78, 5) is 15.3. The predicted octanol–water partition coefficient (Wildman–Crippen LogP) is 15.1. The fraction of sp³-hybridized carbons (Fsp3) is 0. The van der Waals surface area contributed by atoms with Crippen molar-refractivity contribution in [2.45, 2.75) is 0 Å². The molecule has 4 nitrogen and oxygen atoms in total. The summed E-state index contributed by atoms with van der Waals surface area (Å²) in [5.41, 5.74) is 15.9. The molecule has 0 aliphatic carbocycles. The van der Waals surface area contributed by atoms with Crippen LogP contribution in [0.3, 0.4) is 0 Å². The van der Waals surface area contributed by atoms with E-state index >= 15 is 0 Å². The minimum atomic E-state index is 0.588. The van der Waals surface area contributed by atoms with E-state index in [1.54, 1.807) is 0 Å². The molecular formula is C57H37N3O. The minimum absolute atomic E-state index is 0.588. The fourth-order valence-electron chi connectivity index (χ4n) is 8.25. The molecule has 4 heteroatoms. The van der Waals surface area contributed by atoms with Crippen molar-refractivity contribution in [1.82, 2.24) is 15.0 Å². The molecule has 61 heavy (non-hydrogen) atoms. The molecule has 0 aliphatic rings. The Morgan fingerprint density at radius 2 is 0.639 bits per heavy atom. The summed E-state index contributed by atoms with van der Waals surface area (Å²) in [6, 6.07) is 78.4. The van der Waals surface area contributed by atoms with E-state index in [2.05, 4.69) is 176 Å². The van der Waals surface area contributed by atoms with Gasteiger partial charge in [0.2, 0.25) is 0 Å². The van der Waals surface area contributed by atoms with Gasteiger partial charge in [0.25, 0.3) is 0 Å². The molecular weight excluding hydrogens is 743 g/mol. The average Bonchev–Trinajstić information content (AvgIpc) is 3.73. The number of hydrogen-bond acceptors (Lipinski definition) is 4. The van der Waals surface area contributed by atoms with Gasteiger partial charge in [0, 0.05) is 27.5 Å². The standard InChI is InChI=1S/C57H37N3O/c1-5-15-38(16-6-1)44-23-13-24-46(33-44)56-58-55(43-21-11-4-12-22-43)59-57(60-56)50-25-14-26-53-54(50)51-37-45(31-32-52(51)61-53)41-27-29-42(30-28-41)49-35-47(39-17-7-2-8-18-39)34-48(36-49)40-19-9-3-10-20-40/h1-37H. The van der Waals surface area contributed by atoms with Crippen LogP contribution in [0.1, 0.15) is 0 Å². The first-order valence-electron chi connectivity index (χ1n) is 20.5. The number of nitrogens with zero attached hydrogens (tertiary/aromatic N) is 3. The van der Waals surface area contributed by atoms with Crippen LogP contribution in [0.2, 0.25) is 0 Å². The first kappa shape index (κ1) is 35.9. The summed E-state index contributed by atoms with van der Waals surface area (Å²) in [5, 5.41) is 1.97. The minimum Gasteiger partial charge on any atom is -0.456 e. The van der Waals surface area contributed by atoms with Crippen LogP contribution in [0.5, 0.6) is 0 Å². The van der Waals surface area contributed by atoms with Gasteiger partial charge in [-0.2, -0.15) is 0 Å². The van der Waals surface area contributed by atoms with Crippen LogP contribution in [0.4, 0.5) is 0 Å². The van der Waals surface area contributed by atoms with Gasteiger partial charge in [-0.1, -0.05) is 182 Å². The average molecular weight is 780 g/mol. The molecule has 0 atom stereocenters. The van der Waals surface area contributed by atoms with Crippen LogP contribution in [-0.2, 0) is 0 Å². The number of aromatic nitrogens is 3. The Balaban J connectivity index is 1.00. The molecule has 2 heterocycles. The third kappa shape index (κ3) is 7.07. The highest BCUT2D eigenvalue weighted by Crippen LogP contribution is 2.40. The highest BCUT2D eigenvalue weighted by atomic mass is 16.3. The normalized spacial score (nSPS) is 11.3. The largest absolute Gasteiger partial charge is 0.456 e. The highest BCUT2D eigenvalue weighted by Gasteiger charge is 2.19. The van der Waals surface area contributed by atoms with Crippen molar-refractivity contribution >= 4 is 21.9 Å². The topological polar surface area (TPSA) is 51.8 Å².